The molecule has 0 unspecified atom stereocenters. The van der Waals surface area contributed by atoms with Crippen molar-refractivity contribution in [2.45, 2.75) is 34.3 Å². The molecule has 0 fully saturated rings. The SMILES string of the molecule is O=C1NS(=O)(=O)c2ccccc21.O=C1NS(=O)(=O)c2ccccc21.O=C1NS(=O)(=O)c2ccccc21.O=C1NS(=O)(=O)c2ccccc21.O=C1NS(=O)(=O)c2ccccc21.O=C1NS(=O)(=O)c2ccccc21.O=C1NS(=O)(=O)c2ccccc21. The summed E-state index contributed by atoms with van der Waals surface area (Å²) < 4.78 is 169. The summed E-state index contributed by atoms with van der Waals surface area (Å²) in [5.41, 5.74) is 1.54. The van der Waals surface area contributed by atoms with E-state index in [0.717, 1.165) is 0 Å². The molecule has 7 aliphatic rings. The second kappa shape index (κ2) is 22.7. The zero-order chi connectivity index (χ0) is 61.4. The van der Waals surface area contributed by atoms with Crippen molar-refractivity contribution in [1.82, 2.24) is 33.1 Å². The van der Waals surface area contributed by atoms with Gasteiger partial charge in [-0.25, -0.2) is 92.0 Å². The van der Waals surface area contributed by atoms with E-state index in [2.05, 4.69) is 0 Å². The van der Waals surface area contributed by atoms with Crippen molar-refractivity contribution in [3.8, 4) is 0 Å². The first kappa shape index (κ1) is 60.6. The summed E-state index contributed by atoms with van der Waals surface area (Å²) in [6.45, 7) is 0. The van der Waals surface area contributed by atoms with Gasteiger partial charge in [-0.05, 0) is 84.9 Å². The Labute approximate surface area is 477 Å². The normalized spacial score (nSPS) is 18.5. The van der Waals surface area contributed by atoms with Crippen LogP contribution in [0.15, 0.2) is 204 Å². The van der Waals surface area contributed by atoms with E-state index in [4.69, 9.17) is 0 Å². The van der Waals surface area contributed by atoms with Gasteiger partial charge in [-0.15, -0.1) is 0 Å². The highest BCUT2D eigenvalue weighted by Crippen LogP contribution is 2.26. The van der Waals surface area contributed by atoms with Gasteiger partial charge in [0.2, 0.25) is 0 Å². The third kappa shape index (κ3) is 12.4. The second-order valence-electron chi connectivity index (χ2n) is 17.0. The molecule has 7 N–H and O–H groups in total. The number of rotatable bonds is 0. The van der Waals surface area contributed by atoms with Gasteiger partial charge >= 0.3 is 0 Å². The number of hydrogen-bond acceptors (Lipinski definition) is 21. The van der Waals surface area contributed by atoms with Crippen molar-refractivity contribution >= 4 is 112 Å². The summed E-state index contributed by atoms with van der Waals surface area (Å²) in [5, 5.41) is 0. The van der Waals surface area contributed by atoms with E-state index in [1.54, 1.807) is 84.9 Å². The van der Waals surface area contributed by atoms with Crippen LogP contribution in [-0.2, 0) is 70.2 Å². The summed E-state index contributed by atoms with van der Waals surface area (Å²) >= 11 is 0. The number of fused-ring (bicyclic) bond motifs is 7. The van der Waals surface area contributed by atoms with Gasteiger partial charge in [-0.3, -0.25) is 33.6 Å². The van der Waals surface area contributed by atoms with Crippen molar-refractivity contribution in [1.29, 1.82) is 0 Å². The molecule has 0 radical (unpaired) electrons. The average molecular weight is 1280 g/mol. The van der Waals surface area contributed by atoms with Crippen LogP contribution in [0.2, 0.25) is 0 Å². The standard InChI is InChI=1S/7C7H5NO3S/c7*9-7-5-3-1-2-4-6(5)12(10,11)8-7/h7*1-4H,(H,8,9). The number of carbonyl (C=O) groups excluding carboxylic acids is 7. The maximum absolute atomic E-state index is 11.1. The molecule has 0 saturated heterocycles. The van der Waals surface area contributed by atoms with Crippen molar-refractivity contribution < 1.29 is 92.5 Å². The molecule has 0 spiro atoms. The molecule has 35 heteroatoms. The fourth-order valence-electron chi connectivity index (χ4n) is 7.84. The zero-order valence-electron chi connectivity index (χ0n) is 41.6. The smallest absolute Gasteiger partial charge is 0.266 e. The van der Waals surface area contributed by atoms with E-state index in [0.29, 0.717) is 0 Å². The molecule has 7 amide bonds. The highest BCUT2D eigenvalue weighted by atomic mass is 32.2. The Balaban J connectivity index is 0.000000128. The zero-order valence-corrected chi connectivity index (χ0v) is 47.3. The Morgan fingerprint density at radius 1 is 0.167 bits per heavy atom. The van der Waals surface area contributed by atoms with E-state index < -0.39 is 112 Å². The summed E-state index contributed by atoms with van der Waals surface area (Å²) in [4.78, 5) is 77.4. The highest BCUT2D eigenvalue weighted by Gasteiger charge is 2.36. The molecule has 14 rings (SSSR count). The van der Waals surface area contributed by atoms with E-state index >= 15 is 0 Å². The van der Waals surface area contributed by atoms with E-state index in [1.165, 1.54) is 84.9 Å². The lowest BCUT2D eigenvalue weighted by Gasteiger charge is -1.91. The number of benzene rings is 7. The lowest BCUT2D eigenvalue weighted by molar-refractivity contribution is 0.0976. The average Bonchev–Trinajstić information content (AvgIpc) is 4.30. The maximum atomic E-state index is 11.1. The van der Waals surface area contributed by atoms with Gasteiger partial charge in [0.05, 0.1) is 38.9 Å². The van der Waals surface area contributed by atoms with Gasteiger partial charge in [0.15, 0.2) is 0 Å². The fourth-order valence-corrected chi connectivity index (χ4v) is 16.0. The van der Waals surface area contributed by atoms with E-state index in [1.807, 2.05) is 33.1 Å². The number of hydrogen-bond donors (Lipinski definition) is 7. The van der Waals surface area contributed by atoms with Crippen molar-refractivity contribution in [3.05, 3.63) is 209 Å². The summed E-state index contributed by atoms with van der Waals surface area (Å²) in [6, 6.07) is 42.6. The topological polar surface area (TPSA) is 443 Å². The molecule has 0 atom stereocenters. The predicted molar refractivity (Wildman–Crippen MR) is 288 cm³/mol. The largest absolute Gasteiger partial charge is 0.268 e. The van der Waals surface area contributed by atoms with Gasteiger partial charge in [0, 0.05) is 0 Å². The molecule has 7 heterocycles. The lowest BCUT2D eigenvalue weighted by atomic mass is 10.2. The van der Waals surface area contributed by atoms with E-state index in [9.17, 15) is 92.5 Å². The molecular weight excluding hydrogens is 1250 g/mol. The molecule has 0 saturated carbocycles. The Kier molecular flexibility index (Phi) is 16.3. The van der Waals surface area contributed by atoms with Gasteiger partial charge in [0.1, 0.15) is 34.3 Å². The quantitative estimate of drug-likeness (QED) is 0.111. The molecule has 0 aromatic heterocycles. The molecule has 0 aliphatic carbocycles. The summed E-state index contributed by atoms with van der Waals surface area (Å²) in [5.74, 6) is -3.85. The van der Waals surface area contributed by atoms with Crippen LogP contribution in [0.5, 0.6) is 0 Å². The molecule has 84 heavy (non-hydrogen) atoms. The molecule has 7 aromatic rings. The van der Waals surface area contributed by atoms with Crippen LogP contribution in [-0.4, -0.2) is 100 Å². The fraction of sp³-hybridized carbons (Fsp3) is 0. The minimum atomic E-state index is -3.55. The van der Waals surface area contributed by atoms with Crippen LogP contribution in [0, 0.1) is 0 Å². The molecule has 28 nitrogen and oxygen atoms in total. The monoisotopic (exact) mass is 1280 g/mol. The summed E-state index contributed by atoms with van der Waals surface area (Å²) in [6.07, 6.45) is 0. The Morgan fingerprint density at radius 3 is 0.357 bits per heavy atom. The van der Waals surface area contributed by atoms with Crippen LogP contribution in [0.1, 0.15) is 72.5 Å². The van der Waals surface area contributed by atoms with E-state index in [-0.39, 0.29) is 73.2 Å². The van der Waals surface area contributed by atoms with Crippen LogP contribution in [0.25, 0.3) is 0 Å². The number of amides is 7. The van der Waals surface area contributed by atoms with Crippen molar-refractivity contribution in [2.24, 2.45) is 0 Å². The number of nitrogens with one attached hydrogen (secondary N) is 7. The first-order chi connectivity index (χ1) is 39.3. The second-order valence-corrected chi connectivity index (χ2v) is 28.6. The van der Waals surface area contributed by atoms with Gasteiger partial charge in [-0.1, -0.05) is 84.9 Å². The molecule has 7 aliphatic heterocycles. The van der Waals surface area contributed by atoms with Crippen molar-refractivity contribution in [2.75, 3.05) is 0 Å². The molecular formula is C49H35N7O21S7. The third-order valence-corrected chi connectivity index (χ3v) is 21.3. The minimum absolute atomic E-state index is 0.0648. The highest BCUT2D eigenvalue weighted by molar-refractivity contribution is 7.92. The van der Waals surface area contributed by atoms with Gasteiger partial charge in [-0.2, -0.15) is 0 Å². The molecule has 7 aromatic carbocycles. The Bertz CT molecular complexity index is 4010. The van der Waals surface area contributed by atoms with Crippen LogP contribution >= 0.6 is 0 Å². The first-order valence-corrected chi connectivity index (χ1v) is 33.3. The first-order valence-electron chi connectivity index (χ1n) is 22.9. The van der Waals surface area contributed by atoms with Crippen LogP contribution < -0.4 is 33.1 Å². The number of carbonyl (C=O) groups is 7. The van der Waals surface area contributed by atoms with Crippen LogP contribution in [0.3, 0.4) is 0 Å². The Hall–Kier alpha value is -9.52. The van der Waals surface area contributed by atoms with Crippen LogP contribution in [0.4, 0.5) is 0 Å². The van der Waals surface area contributed by atoms with Gasteiger partial charge in [0.25, 0.3) is 112 Å². The lowest BCUT2D eigenvalue weighted by Crippen LogP contribution is -2.20. The van der Waals surface area contributed by atoms with Crippen molar-refractivity contribution in [3.63, 3.8) is 0 Å². The molecule has 434 valence electrons. The minimum Gasteiger partial charge on any atom is -0.268 e. The molecule has 0 bridgehead atoms. The van der Waals surface area contributed by atoms with Gasteiger partial charge < -0.3 is 0 Å². The number of sulfonamides is 7. The predicted octanol–water partition coefficient (Wildman–Crippen LogP) is 0.831. The third-order valence-electron chi connectivity index (χ3n) is 11.5. The summed E-state index contributed by atoms with van der Waals surface area (Å²) in [7, 11) is -24.9. The maximum Gasteiger partial charge on any atom is 0.266 e. The Morgan fingerprint density at radius 2 is 0.262 bits per heavy atom.